The lowest BCUT2D eigenvalue weighted by molar-refractivity contribution is -0.134. The normalized spacial score (nSPS) is 19.4. The highest BCUT2D eigenvalue weighted by Crippen LogP contribution is 2.22. The van der Waals surface area contributed by atoms with Crippen molar-refractivity contribution in [3.8, 4) is 0 Å². The summed E-state index contributed by atoms with van der Waals surface area (Å²) in [4.78, 5) is 18.4. The first kappa shape index (κ1) is 15.0. The summed E-state index contributed by atoms with van der Waals surface area (Å²) >= 11 is 0. The van der Waals surface area contributed by atoms with Gasteiger partial charge in [0.2, 0.25) is 5.91 Å². The lowest BCUT2D eigenvalue weighted by Crippen LogP contribution is -2.41. The van der Waals surface area contributed by atoms with Gasteiger partial charge < -0.3 is 9.64 Å². The molecule has 1 saturated heterocycles. The second kappa shape index (κ2) is 6.83. The highest BCUT2D eigenvalue weighted by atomic mass is 16.5. The molecule has 1 aromatic heterocycles. The molecule has 0 radical (unpaired) electrons. The number of nitrogens with zero attached hydrogens (tertiary/aromatic N) is 4. The molecule has 0 aromatic carbocycles. The molecule has 1 amide bonds. The van der Waals surface area contributed by atoms with Gasteiger partial charge >= 0.3 is 0 Å². The maximum absolute atomic E-state index is 12.1. The number of carbonyl (C=O) groups is 1. The largest absolute Gasteiger partial charge is 0.381 e. The highest BCUT2D eigenvalue weighted by molar-refractivity contribution is 5.76. The third kappa shape index (κ3) is 3.56. The first-order chi connectivity index (χ1) is 9.61. The smallest absolute Gasteiger partial charge is 0.224 e. The lowest BCUT2D eigenvalue weighted by atomic mass is 10.1. The van der Waals surface area contributed by atoms with Crippen LogP contribution in [0.4, 0.5) is 0 Å². The molecular weight excluding hydrogens is 256 g/mol. The quantitative estimate of drug-likeness (QED) is 0.767. The Morgan fingerprint density at radius 2 is 2.25 bits per heavy atom. The van der Waals surface area contributed by atoms with E-state index in [-0.39, 0.29) is 11.9 Å². The van der Waals surface area contributed by atoms with Crippen LogP contribution in [0.5, 0.6) is 0 Å². The van der Waals surface area contributed by atoms with Crippen LogP contribution in [0.3, 0.4) is 0 Å². The number of amides is 1. The SMILES string of the molecule is CCOCCC(=O)N1CCC[C@@H](n2nc(C)nc2C)C1. The van der Waals surface area contributed by atoms with E-state index in [0.717, 1.165) is 37.6 Å². The Kier molecular flexibility index (Phi) is 5.11. The molecule has 6 heteroatoms. The summed E-state index contributed by atoms with van der Waals surface area (Å²) in [5.74, 6) is 1.90. The minimum atomic E-state index is 0.178. The van der Waals surface area contributed by atoms with E-state index in [4.69, 9.17) is 4.74 Å². The van der Waals surface area contributed by atoms with E-state index in [0.29, 0.717) is 19.6 Å². The maximum atomic E-state index is 12.1. The van der Waals surface area contributed by atoms with Crippen LogP contribution in [0.25, 0.3) is 0 Å². The summed E-state index contributed by atoms with van der Waals surface area (Å²) in [6.45, 7) is 8.55. The number of hydrogen-bond donors (Lipinski definition) is 0. The van der Waals surface area contributed by atoms with Crippen LogP contribution in [0.2, 0.25) is 0 Å². The maximum Gasteiger partial charge on any atom is 0.224 e. The van der Waals surface area contributed by atoms with E-state index >= 15 is 0 Å². The summed E-state index contributed by atoms with van der Waals surface area (Å²) in [6.07, 6.45) is 2.54. The Morgan fingerprint density at radius 1 is 1.45 bits per heavy atom. The fraction of sp³-hybridized carbons (Fsp3) is 0.786. The van der Waals surface area contributed by atoms with Gasteiger partial charge in [0.15, 0.2) is 0 Å². The van der Waals surface area contributed by atoms with Gasteiger partial charge in [-0.1, -0.05) is 0 Å². The molecule has 2 heterocycles. The molecule has 1 aromatic rings. The standard InChI is InChI=1S/C14H24N4O2/c1-4-20-9-7-14(19)17-8-5-6-13(10-17)18-12(3)15-11(2)16-18/h13H,4-10H2,1-3H3/t13-/m1/s1. The van der Waals surface area contributed by atoms with E-state index in [1.54, 1.807) is 0 Å². The molecule has 1 aliphatic rings. The third-order valence-corrected chi connectivity index (χ3v) is 3.67. The van der Waals surface area contributed by atoms with Gasteiger partial charge in [-0.25, -0.2) is 9.67 Å². The fourth-order valence-electron chi connectivity index (χ4n) is 2.72. The van der Waals surface area contributed by atoms with Crippen molar-refractivity contribution in [2.45, 2.75) is 46.1 Å². The predicted molar refractivity (Wildman–Crippen MR) is 75.5 cm³/mol. The van der Waals surface area contributed by atoms with Crippen LogP contribution in [0.15, 0.2) is 0 Å². The average Bonchev–Trinajstić information content (AvgIpc) is 2.78. The minimum absolute atomic E-state index is 0.178. The zero-order valence-corrected chi connectivity index (χ0v) is 12.6. The van der Waals surface area contributed by atoms with Gasteiger partial charge in [0, 0.05) is 19.7 Å². The number of hydrogen-bond acceptors (Lipinski definition) is 4. The molecule has 0 spiro atoms. The van der Waals surface area contributed by atoms with Gasteiger partial charge in [-0.2, -0.15) is 5.10 Å². The molecule has 0 N–H and O–H groups in total. The molecule has 0 aliphatic carbocycles. The number of aryl methyl sites for hydroxylation is 2. The summed E-state index contributed by atoms with van der Waals surface area (Å²) in [5, 5.41) is 4.45. The monoisotopic (exact) mass is 280 g/mol. The van der Waals surface area contributed by atoms with Gasteiger partial charge in [-0.3, -0.25) is 4.79 Å². The van der Waals surface area contributed by atoms with Crippen molar-refractivity contribution in [1.82, 2.24) is 19.7 Å². The molecule has 1 aliphatic heterocycles. The molecule has 112 valence electrons. The molecule has 6 nitrogen and oxygen atoms in total. The average molecular weight is 280 g/mol. The molecule has 2 rings (SSSR count). The van der Waals surface area contributed by atoms with E-state index in [9.17, 15) is 4.79 Å². The number of aromatic nitrogens is 3. The van der Waals surface area contributed by atoms with E-state index in [2.05, 4.69) is 10.1 Å². The van der Waals surface area contributed by atoms with Gasteiger partial charge in [-0.15, -0.1) is 0 Å². The van der Waals surface area contributed by atoms with E-state index in [1.165, 1.54) is 0 Å². The minimum Gasteiger partial charge on any atom is -0.381 e. The zero-order valence-electron chi connectivity index (χ0n) is 12.6. The fourth-order valence-corrected chi connectivity index (χ4v) is 2.72. The highest BCUT2D eigenvalue weighted by Gasteiger charge is 2.26. The van der Waals surface area contributed by atoms with Crippen LogP contribution < -0.4 is 0 Å². The molecule has 1 atom stereocenters. The lowest BCUT2D eigenvalue weighted by Gasteiger charge is -2.33. The van der Waals surface area contributed by atoms with Crippen molar-refractivity contribution in [2.75, 3.05) is 26.3 Å². The Morgan fingerprint density at radius 3 is 2.90 bits per heavy atom. The van der Waals surface area contributed by atoms with Crippen LogP contribution in [0.1, 0.15) is 43.9 Å². The first-order valence-electron chi connectivity index (χ1n) is 7.37. The second-order valence-corrected chi connectivity index (χ2v) is 5.23. The van der Waals surface area contributed by atoms with Crippen molar-refractivity contribution >= 4 is 5.91 Å². The van der Waals surface area contributed by atoms with Crippen molar-refractivity contribution in [1.29, 1.82) is 0 Å². The summed E-state index contributed by atoms with van der Waals surface area (Å²) in [6, 6.07) is 0.251. The topological polar surface area (TPSA) is 60.2 Å². The predicted octanol–water partition coefficient (Wildman–Crippen LogP) is 1.49. The van der Waals surface area contributed by atoms with Crippen molar-refractivity contribution in [3.05, 3.63) is 11.6 Å². The van der Waals surface area contributed by atoms with E-state index in [1.807, 2.05) is 30.4 Å². The molecule has 0 bridgehead atoms. The van der Waals surface area contributed by atoms with Gasteiger partial charge in [0.1, 0.15) is 11.6 Å². The third-order valence-electron chi connectivity index (χ3n) is 3.67. The summed E-state index contributed by atoms with van der Waals surface area (Å²) in [7, 11) is 0. The van der Waals surface area contributed by atoms with Gasteiger partial charge in [-0.05, 0) is 33.6 Å². The molecular formula is C14H24N4O2. The number of likely N-dealkylation sites (tertiary alicyclic amines) is 1. The molecule has 0 saturated carbocycles. The number of rotatable bonds is 5. The number of ether oxygens (including phenoxy) is 1. The molecule has 1 fully saturated rings. The van der Waals surface area contributed by atoms with Crippen LogP contribution in [-0.4, -0.2) is 51.9 Å². The molecule has 0 unspecified atom stereocenters. The van der Waals surface area contributed by atoms with E-state index < -0.39 is 0 Å². The Bertz CT molecular complexity index is 458. The van der Waals surface area contributed by atoms with Crippen LogP contribution in [-0.2, 0) is 9.53 Å². The first-order valence-corrected chi connectivity index (χ1v) is 7.37. The number of piperidine rings is 1. The zero-order chi connectivity index (χ0) is 14.5. The van der Waals surface area contributed by atoms with Crippen LogP contribution >= 0.6 is 0 Å². The van der Waals surface area contributed by atoms with Gasteiger partial charge in [0.25, 0.3) is 0 Å². The summed E-state index contributed by atoms with van der Waals surface area (Å²) in [5.41, 5.74) is 0. The van der Waals surface area contributed by atoms with Crippen molar-refractivity contribution in [3.63, 3.8) is 0 Å². The van der Waals surface area contributed by atoms with Crippen molar-refractivity contribution < 1.29 is 9.53 Å². The van der Waals surface area contributed by atoms with Gasteiger partial charge in [0.05, 0.1) is 19.1 Å². The van der Waals surface area contributed by atoms with Crippen molar-refractivity contribution in [2.24, 2.45) is 0 Å². The Labute approximate surface area is 120 Å². The molecule has 20 heavy (non-hydrogen) atoms. The second-order valence-electron chi connectivity index (χ2n) is 5.23. The Hall–Kier alpha value is -1.43. The number of carbonyl (C=O) groups excluding carboxylic acids is 1. The van der Waals surface area contributed by atoms with Crippen LogP contribution in [0, 0.1) is 13.8 Å². The summed E-state index contributed by atoms with van der Waals surface area (Å²) < 4.78 is 7.22. The Balaban J connectivity index is 1.94.